The van der Waals surface area contributed by atoms with Crippen molar-refractivity contribution < 1.29 is 4.79 Å². The average molecular weight is 390 g/mol. The van der Waals surface area contributed by atoms with Gasteiger partial charge in [0.25, 0.3) is 5.56 Å². The first-order valence-electron chi connectivity index (χ1n) is 9.60. The number of nitrogens with zero attached hydrogens (tertiary/aromatic N) is 5. The van der Waals surface area contributed by atoms with Gasteiger partial charge in [0, 0.05) is 24.5 Å². The predicted molar refractivity (Wildman–Crippen MR) is 110 cm³/mol. The minimum atomic E-state index is -0.148. The summed E-state index contributed by atoms with van der Waals surface area (Å²) in [5.74, 6) is 0.642. The highest BCUT2D eigenvalue weighted by atomic mass is 16.1. The second kappa shape index (κ2) is 7.83. The Morgan fingerprint density at radius 2 is 1.83 bits per heavy atom. The smallest absolute Gasteiger partial charge is 0.274 e. The zero-order valence-corrected chi connectivity index (χ0v) is 16.4. The van der Waals surface area contributed by atoms with Gasteiger partial charge in [0.05, 0.1) is 23.5 Å². The van der Waals surface area contributed by atoms with Crippen LogP contribution in [0.1, 0.15) is 31.4 Å². The minimum Gasteiger partial charge on any atom is -0.355 e. The third-order valence-electron chi connectivity index (χ3n) is 4.78. The summed E-state index contributed by atoms with van der Waals surface area (Å²) in [6.45, 7) is 4.24. The zero-order valence-electron chi connectivity index (χ0n) is 16.4. The van der Waals surface area contributed by atoms with Crippen LogP contribution >= 0.6 is 0 Å². The maximum atomic E-state index is 12.6. The summed E-state index contributed by atoms with van der Waals surface area (Å²) in [6, 6.07) is 12.9. The molecule has 1 amide bonds. The molecule has 29 heavy (non-hydrogen) atoms. The van der Waals surface area contributed by atoms with Crippen molar-refractivity contribution in [3.8, 4) is 0 Å². The molecular formula is C21H22N6O2. The van der Waals surface area contributed by atoms with Gasteiger partial charge in [-0.3, -0.25) is 14.0 Å². The first-order valence-corrected chi connectivity index (χ1v) is 9.60. The van der Waals surface area contributed by atoms with E-state index in [9.17, 15) is 9.59 Å². The van der Waals surface area contributed by atoms with Crippen LogP contribution in [-0.4, -0.2) is 36.8 Å². The lowest BCUT2D eigenvalue weighted by molar-refractivity contribution is -0.120. The summed E-state index contributed by atoms with van der Waals surface area (Å²) in [6.07, 6.45) is 2.57. The van der Waals surface area contributed by atoms with Gasteiger partial charge in [-0.25, -0.2) is 4.68 Å². The monoisotopic (exact) mass is 390 g/mol. The maximum absolute atomic E-state index is 12.6. The van der Waals surface area contributed by atoms with E-state index >= 15 is 0 Å². The number of fused-ring (bicyclic) bond motifs is 2. The lowest BCUT2D eigenvalue weighted by Crippen LogP contribution is -2.31. The lowest BCUT2D eigenvalue weighted by atomic mass is 10.1. The van der Waals surface area contributed by atoms with E-state index < -0.39 is 0 Å². The Morgan fingerprint density at radius 1 is 1.07 bits per heavy atom. The summed E-state index contributed by atoms with van der Waals surface area (Å²) >= 11 is 0. The van der Waals surface area contributed by atoms with E-state index in [1.807, 2.05) is 60.8 Å². The van der Waals surface area contributed by atoms with E-state index in [0.29, 0.717) is 29.4 Å². The number of hydrogen-bond donors (Lipinski definition) is 1. The van der Waals surface area contributed by atoms with Crippen LogP contribution in [0.3, 0.4) is 0 Å². The lowest BCUT2D eigenvalue weighted by Gasteiger charge is -2.13. The van der Waals surface area contributed by atoms with Crippen LogP contribution in [0.15, 0.2) is 53.5 Å². The molecule has 0 aliphatic heterocycles. The molecule has 0 aliphatic carbocycles. The molecule has 1 N–H and O–H groups in total. The number of aromatic nitrogens is 5. The van der Waals surface area contributed by atoms with E-state index in [1.54, 1.807) is 6.07 Å². The van der Waals surface area contributed by atoms with Gasteiger partial charge in [-0.05, 0) is 32.0 Å². The van der Waals surface area contributed by atoms with Crippen molar-refractivity contribution >= 4 is 22.3 Å². The van der Waals surface area contributed by atoms with Crippen molar-refractivity contribution in [1.29, 1.82) is 0 Å². The summed E-state index contributed by atoms with van der Waals surface area (Å²) in [5.41, 5.74) is 1.23. The third kappa shape index (κ3) is 3.73. The Bertz CT molecular complexity index is 1240. The largest absolute Gasteiger partial charge is 0.355 e. The standard InChI is InChI=1S/C21H22N6O2/c1-14(2)27-21(29)16-8-4-3-7-15(16)17(25-27)13-20(28)22-11-10-19-24-23-18-9-5-6-12-26(18)19/h3-9,12,14H,10-11,13H2,1-2H3,(H,22,28). The molecule has 0 saturated heterocycles. The van der Waals surface area contributed by atoms with Gasteiger partial charge in [0.1, 0.15) is 5.82 Å². The van der Waals surface area contributed by atoms with Gasteiger partial charge in [-0.2, -0.15) is 5.10 Å². The molecule has 3 heterocycles. The van der Waals surface area contributed by atoms with E-state index in [0.717, 1.165) is 11.5 Å². The van der Waals surface area contributed by atoms with Gasteiger partial charge in [-0.1, -0.05) is 24.3 Å². The molecule has 8 heteroatoms. The molecule has 1 aromatic carbocycles. The van der Waals surface area contributed by atoms with E-state index in [4.69, 9.17) is 0 Å². The number of rotatable bonds is 6. The third-order valence-corrected chi connectivity index (χ3v) is 4.78. The van der Waals surface area contributed by atoms with Crippen LogP contribution in [-0.2, 0) is 17.6 Å². The van der Waals surface area contributed by atoms with Gasteiger partial charge in [0.2, 0.25) is 5.91 Å². The van der Waals surface area contributed by atoms with Crippen molar-refractivity contribution in [2.75, 3.05) is 6.54 Å². The van der Waals surface area contributed by atoms with Gasteiger partial charge in [0.15, 0.2) is 5.65 Å². The molecule has 0 radical (unpaired) electrons. The fourth-order valence-corrected chi connectivity index (χ4v) is 3.34. The van der Waals surface area contributed by atoms with Crippen molar-refractivity contribution in [2.24, 2.45) is 0 Å². The fourth-order valence-electron chi connectivity index (χ4n) is 3.34. The quantitative estimate of drug-likeness (QED) is 0.543. The Kier molecular flexibility index (Phi) is 5.07. The number of amides is 1. The van der Waals surface area contributed by atoms with Crippen LogP contribution in [0.5, 0.6) is 0 Å². The van der Waals surface area contributed by atoms with Crippen LogP contribution in [0.25, 0.3) is 16.4 Å². The summed E-state index contributed by atoms with van der Waals surface area (Å²) in [7, 11) is 0. The zero-order chi connectivity index (χ0) is 20.4. The molecule has 0 spiro atoms. The van der Waals surface area contributed by atoms with Gasteiger partial charge >= 0.3 is 0 Å². The molecule has 0 unspecified atom stereocenters. The first kappa shape index (κ1) is 18.8. The first-order chi connectivity index (χ1) is 14.0. The highest BCUT2D eigenvalue weighted by Gasteiger charge is 2.15. The highest BCUT2D eigenvalue weighted by Crippen LogP contribution is 2.15. The predicted octanol–water partition coefficient (Wildman–Crippen LogP) is 1.92. The molecule has 3 aromatic heterocycles. The molecule has 0 bridgehead atoms. The van der Waals surface area contributed by atoms with Crippen LogP contribution in [0.2, 0.25) is 0 Å². The molecule has 8 nitrogen and oxygen atoms in total. The Balaban J connectivity index is 1.49. The summed E-state index contributed by atoms with van der Waals surface area (Å²) < 4.78 is 3.34. The molecule has 0 saturated carbocycles. The van der Waals surface area contributed by atoms with Crippen molar-refractivity contribution in [2.45, 2.75) is 32.7 Å². The minimum absolute atomic E-state index is 0.0878. The fraction of sp³-hybridized carbons (Fsp3) is 0.286. The normalized spacial score (nSPS) is 11.4. The molecule has 0 fully saturated rings. The van der Waals surface area contributed by atoms with E-state index in [1.165, 1.54) is 4.68 Å². The Labute approximate surface area is 167 Å². The van der Waals surface area contributed by atoms with Crippen molar-refractivity contribution in [3.05, 3.63) is 70.5 Å². The number of carbonyl (C=O) groups is 1. The topological polar surface area (TPSA) is 94.2 Å². The molecule has 148 valence electrons. The molecule has 0 atom stereocenters. The number of carbonyl (C=O) groups excluding carboxylic acids is 1. The van der Waals surface area contributed by atoms with Crippen LogP contribution < -0.4 is 10.9 Å². The van der Waals surface area contributed by atoms with Crippen LogP contribution in [0.4, 0.5) is 0 Å². The summed E-state index contributed by atoms with van der Waals surface area (Å²) in [4.78, 5) is 25.1. The Morgan fingerprint density at radius 3 is 2.62 bits per heavy atom. The second-order valence-electron chi connectivity index (χ2n) is 7.16. The number of nitrogens with one attached hydrogen (secondary N) is 1. The number of hydrogen-bond acceptors (Lipinski definition) is 5. The number of benzene rings is 1. The Hall–Kier alpha value is -3.55. The second-order valence-corrected chi connectivity index (χ2v) is 7.16. The number of pyridine rings is 1. The SMILES string of the molecule is CC(C)n1nc(CC(=O)NCCc2nnc3ccccn23)c2ccccc2c1=O. The highest BCUT2D eigenvalue weighted by molar-refractivity contribution is 5.88. The molecule has 4 aromatic rings. The van der Waals surface area contributed by atoms with Gasteiger partial charge in [-0.15, -0.1) is 10.2 Å². The van der Waals surface area contributed by atoms with Crippen LogP contribution in [0, 0.1) is 0 Å². The maximum Gasteiger partial charge on any atom is 0.274 e. The summed E-state index contributed by atoms with van der Waals surface area (Å²) in [5, 5.41) is 16.9. The molecular weight excluding hydrogens is 368 g/mol. The van der Waals surface area contributed by atoms with E-state index in [2.05, 4.69) is 20.6 Å². The van der Waals surface area contributed by atoms with E-state index in [-0.39, 0.29) is 23.9 Å². The molecule has 4 rings (SSSR count). The van der Waals surface area contributed by atoms with Crippen molar-refractivity contribution in [3.63, 3.8) is 0 Å². The molecule has 0 aliphatic rings. The van der Waals surface area contributed by atoms with Crippen molar-refractivity contribution in [1.82, 2.24) is 29.7 Å². The average Bonchev–Trinajstić information content (AvgIpc) is 3.13. The van der Waals surface area contributed by atoms with Gasteiger partial charge < -0.3 is 5.32 Å².